The summed E-state index contributed by atoms with van der Waals surface area (Å²) in [5, 5.41) is 6.84. The Labute approximate surface area is 108 Å². The molecule has 1 aromatic heterocycles. The topological polar surface area (TPSA) is 42.7 Å². The van der Waals surface area contributed by atoms with Crippen LogP contribution < -0.4 is 5.32 Å². The van der Waals surface area contributed by atoms with E-state index in [1.165, 1.54) is 6.33 Å². The van der Waals surface area contributed by atoms with Crippen molar-refractivity contribution in [2.24, 2.45) is 7.05 Å². The Balaban J connectivity index is 2.30. The number of hydrogen-bond acceptors (Lipinski definition) is 3. The van der Waals surface area contributed by atoms with Crippen molar-refractivity contribution in [1.29, 1.82) is 0 Å². The van der Waals surface area contributed by atoms with E-state index in [0.717, 1.165) is 12.1 Å². The van der Waals surface area contributed by atoms with Crippen LogP contribution >= 0.6 is 0 Å². The van der Waals surface area contributed by atoms with Gasteiger partial charge in [-0.3, -0.25) is 4.68 Å². The number of likely N-dealkylation sites (N-methyl/N-ethyl adjacent to an activating group) is 1. The van der Waals surface area contributed by atoms with E-state index in [1.807, 2.05) is 0 Å². The molecule has 0 spiro atoms. The van der Waals surface area contributed by atoms with Gasteiger partial charge in [-0.05, 0) is 24.7 Å². The minimum atomic E-state index is -1.46. The predicted molar refractivity (Wildman–Crippen MR) is 62.8 cm³/mol. The molecule has 1 heterocycles. The zero-order valence-corrected chi connectivity index (χ0v) is 10.5. The highest BCUT2D eigenvalue weighted by Crippen LogP contribution is 2.21. The van der Waals surface area contributed by atoms with Crippen molar-refractivity contribution in [3.05, 3.63) is 47.3 Å². The standard InChI is InChI=1S/C12H13F3N4/c1-16-10(5-11-17-6-18-19(11)2)7-3-8(13)12(15)9(14)4-7/h3-4,6,10,16H,5H2,1-2H3. The average molecular weight is 270 g/mol. The normalized spacial score (nSPS) is 12.7. The van der Waals surface area contributed by atoms with Gasteiger partial charge in [-0.1, -0.05) is 0 Å². The van der Waals surface area contributed by atoms with Crippen LogP contribution in [0.5, 0.6) is 0 Å². The maximum absolute atomic E-state index is 13.2. The van der Waals surface area contributed by atoms with Crippen molar-refractivity contribution in [3.8, 4) is 0 Å². The zero-order chi connectivity index (χ0) is 14.0. The fourth-order valence-electron chi connectivity index (χ4n) is 1.85. The van der Waals surface area contributed by atoms with Crippen LogP contribution in [0.2, 0.25) is 0 Å². The second kappa shape index (κ2) is 5.40. The van der Waals surface area contributed by atoms with E-state index >= 15 is 0 Å². The van der Waals surface area contributed by atoms with Crippen molar-refractivity contribution in [2.75, 3.05) is 7.05 Å². The number of benzene rings is 1. The summed E-state index contributed by atoms with van der Waals surface area (Å²) < 4.78 is 40.9. The Morgan fingerprint density at radius 1 is 1.26 bits per heavy atom. The highest BCUT2D eigenvalue weighted by Gasteiger charge is 2.18. The molecule has 0 aliphatic heterocycles. The maximum atomic E-state index is 13.2. The molecule has 0 radical (unpaired) electrons. The highest BCUT2D eigenvalue weighted by molar-refractivity contribution is 5.23. The number of aryl methyl sites for hydroxylation is 1. The van der Waals surface area contributed by atoms with Gasteiger partial charge in [0.25, 0.3) is 0 Å². The Kier molecular flexibility index (Phi) is 3.84. The van der Waals surface area contributed by atoms with Crippen LogP contribution in [0.1, 0.15) is 17.4 Å². The Morgan fingerprint density at radius 2 is 1.89 bits per heavy atom. The summed E-state index contributed by atoms with van der Waals surface area (Å²) in [5.74, 6) is -3.21. The van der Waals surface area contributed by atoms with Gasteiger partial charge in [0.1, 0.15) is 12.2 Å². The van der Waals surface area contributed by atoms with E-state index in [-0.39, 0.29) is 6.04 Å². The lowest BCUT2D eigenvalue weighted by molar-refractivity contribution is 0.440. The number of nitrogens with zero attached hydrogens (tertiary/aromatic N) is 3. The second-order valence-corrected chi connectivity index (χ2v) is 4.14. The molecular formula is C12H13F3N4. The van der Waals surface area contributed by atoms with E-state index in [9.17, 15) is 13.2 Å². The van der Waals surface area contributed by atoms with Gasteiger partial charge in [-0.15, -0.1) is 0 Å². The van der Waals surface area contributed by atoms with Gasteiger partial charge in [0.2, 0.25) is 0 Å². The van der Waals surface area contributed by atoms with E-state index < -0.39 is 17.5 Å². The number of hydrogen-bond donors (Lipinski definition) is 1. The minimum Gasteiger partial charge on any atom is -0.313 e. The third-order valence-electron chi connectivity index (χ3n) is 2.95. The fraction of sp³-hybridized carbons (Fsp3) is 0.333. The van der Waals surface area contributed by atoms with Gasteiger partial charge in [0.05, 0.1) is 0 Å². The van der Waals surface area contributed by atoms with Crippen molar-refractivity contribution < 1.29 is 13.2 Å². The number of halogens is 3. The van der Waals surface area contributed by atoms with Gasteiger partial charge in [0, 0.05) is 19.5 Å². The van der Waals surface area contributed by atoms with Crippen LogP contribution in [0.25, 0.3) is 0 Å². The molecule has 0 aliphatic carbocycles. The summed E-state index contributed by atoms with van der Waals surface area (Å²) in [5.41, 5.74) is 0.321. The van der Waals surface area contributed by atoms with E-state index in [0.29, 0.717) is 17.8 Å². The largest absolute Gasteiger partial charge is 0.313 e. The van der Waals surface area contributed by atoms with Gasteiger partial charge in [-0.25, -0.2) is 18.2 Å². The minimum absolute atomic E-state index is 0.321. The van der Waals surface area contributed by atoms with Gasteiger partial charge in [-0.2, -0.15) is 5.10 Å². The quantitative estimate of drug-likeness (QED) is 0.860. The molecule has 1 aromatic carbocycles. The maximum Gasteiger partial charge on any atom is 0.194 e. The molecule has 1 N–H and O–H groups in total. The van der Waals surface area contributed by atoms with Gasteiger partial charge < -0.3 is 5.32 Å². The lowest BCUT2D eigenvalue weighted by Gasteiger charge is -2.16. The first-order chi connectivity index (χ1) is 9.02. The number of rotatable bonds is 4. The van der Waals surface area contributed by atoms with Crippen LogP contribution in [0, 0.1) is 17.5 Å². The first-order valence-corrected chi connectivity index (χ1v) is 5.67. The molecule has 1 atom stereocenters. The first-order valence-electron chi connectivity index (χ1n) is 5.67. The van der Waals surface area contributed by atoms with Crippen LogP contribution in [0.15, 0.2) is 18.5 Å². The van der Waals surface area contributed by atoms with Crippen LogP contribution in [0.4, 0.5) is 13.2 Å². The van der Waals surface area contributed by atoms with Crippen LogP contribution in [0.3, 0.4) is 0 Å². The number of nitrogens with one attached hydrogen (secondary N) is 1. The molecule has 1 unspecified atom stereocenters. The molecule has 2 rings (SSSR count). The molecule has 0 fully saturated rings. The van der Waals surface area contributed by atoms with E-state index in [1.54, 1.807) is 18.8 Å². The van der Waals surface area contributed by atoms with Crippen molar-refractivity contribution in [1.82, 2.24) is 20.1 Å². The lowest BCUT2D eigenvalue weighted by Crippen LogP contribution is -2.21. The molecule has 102 valence electrons. The molecule has 2 aromatic rings. The fourth-order valence-corrected chi connectivity index (χ4v) is 1.85. The first kappa shape index (κ1) is 13.5. The smallest absolute Gasteiger partial charge is 0.194 e. The van der Waals surface area contributed by atoms with Crippen LogP contribution in [-0.4, -0.2) is 21.8 Å². The van der Waals surface area contributed by atoms with Crippen molar-refractivity contribution in [3.63, 3.8) is 0 Å². The van der Waals surface area contributed by atoms with Crippen LogP contribution in [-0.2, 0) is 13.5 Å². The summed E-state index contributed by atoms with van der Waals surface area (Å²) >= 11 is 0. The van der Waals surface area contributed by atoms with Gasteiger partial charge in [0.15, 0.2) is 17.5 Å². The summed E-state index contributed by atoms with van der Waals surface area (Å²) in [6.45, 7) is 0. The second-order valence-electron chi connectivity index (χ2n) is 4.14. The number of aromatic nitrogens is 3. The molecule has 0 bridgehead atoms. The third kappa shape index (κ3) is 2.76. The predicted octanol–water partition coefficient (Wildman–Crippen LogP) is 1.74. The van der Waals surface area contributed by atoms with E-state index in [4.69, 9.17) is 0 Å². The molecule has 0 aliphatic rings. The summed E-state index contributed by atoms with van der Waals surface area (Å²) in [4.78, 5) is 4.04. The molecule has 19 heavy (non-hydrogen) atoms. The van der Waals surface area contributed by atoms with Gasteiger partial charge >= 0.3 is 0 Å². The third-order valence-corrected chi connectivity index (χ3v) is 2.95. The van der Waals surface area contributed by atoms with Crippen molar-refractivity contribution in [2.45, 2.75) is 12.5 Å². The summed E-state index contributed by atoms with van der Waals surface area (Å²) in [6, 6.07) is 1.58. The van der Waals surface area contributed by atoms with Crippen molar-refractivity contribution >= 4 is 0 Å². The average Bonchev–Trinajstić information content (AvgIpc) is 2.78. The molecule has 0 saturated carbocycles. The highest BCUT2D eigenvalue weighted by atomic mass is 19.2. The Bertz CT molecular complexity index is 559. The summed E-state index contributed by atoms with van der Waals surface area (Å²) in [6.07, 6.45) is 1.78. The SMILES string of the molecule is CNC(Cc1ncnn1C)c1cc(F)c(F)c(F)c1. The monoisotopic (exact) mass is 270 g/mol. The molecule has 4 nitrogen and oxygen atoms in total. The zero-order valence-electron chi connectivity index (χ0n) is 10.5. The lowest BCUT2D eigenvalue weighted by atomic mass is 10.0. The molecule has 7 heteroatoms. The van der Waals surface area contributed by atoms with E-state index in [2.05, 4.69) is 15.4 Å². The molecule has 0 amide bonds. The Morgan fingerprint density at radius 3 is 2.37 bits per heavy atom. The Hall–Kier alpha value is -1.89. The molecular weight excluding hydrogens is 257 g/mol. The summed E-state index contributed by atoms with van der Waals surface area (Å²) in [7, 11) is 3.38. The molecule has 0 saturated heterocycles.